The van der Waals surface area contributed by atoms with Crippen molar-refractivity contribution in [1.29, 1.82) is 0 Å². The number of carboxylic acid groups (broad SMARTS) is 1. The minimum Gasteiger partial charge on any atom is -0.478 e. The number of hydrogen-bond donors (Lipinski definition) is 3. The quantitative estimate of drug-likeness (QED) is 0.727. The lowest BCUT2D eigenvalue weighted by molar-refractivity contribution is 0.0697. The van der Waals surface area contributed by atoms with Crippen LogP contribution in [0.1, 0.15) is 10.4 Å². The van der Waals surface area contributed by atoms with Crippen molar-refractivity contribution in [2.75, 3.05) is 24.7 Å². The molecular formula is C10H13ClN2O4S. The first-order valence-electron chi connectivity index (χ1n) is 5.03. The Morgan fingerprint density at radius 2 is 2.11 bits per heavy atom. The molecule has 0 heterocycles. The normalized spacial score (nSPS) is 11.2. The van der Waals surface area contributed by atoms with E-state index in [9.17, 15) is 13.2 Å². The molecule has 0 fully saturated rings. The summed E-state index contributed by atoms with van der Waals surface area (Å²) >= 11 is 5.77. The predicted molar refractivity (Wildman–Crippen MR) is 69.7 cm³/mol. The third kappa shape index (κ3) is 4.17. The van der Waals surface area contributed by atoms with Gasteiger partial charge >= 0.3 is 5.97 Å². The van der Waals surface area contributed by atoms with E-state index in [1.54, 1.807) is 0 Å². The zero-order chi connectivity index (χ0) is 13.8. The molecule has 8 heteroatoms. The fourth-order valence-electron chi connectivity index (χ4n) is 1.23. The Balaban J connectivity index is 2.65. The van der Waals surface area contributed by atoms with Crippen LogP contribution in [0.3, 0.4) is 0 Å². The number of benzene rings is 1. The maximum Gasteiger partial charge on any atom is 0.337 e. The Labute approximate surface area is 110 Å². The maximum absolute atomic E-state index is 11.1. The molecule has 0 radical (unpaired) electrons. The highest BCUT2D eigenvalue weighted by molar-refractivity contribution is 7.89. The molecule has 0 saturated carbocycles. The standard InChI is InChI=1S/C10H13ClN2O4S/c1-12-18(16,17)5-4-13-7-2-3-8(10(14)15)9(11)6-7/h2-3,6,12-13H,4-5H2,1H3,(H,14,15). The van der Waals surface area contributed by atoms with Crippen LogP contribution in [-0.2, 0) is 10.0 Å². The molecule has 0 aromatic heterocycles. The fourth-order valence-corrected chi connectivity index (χ4v) is 2.07. The van der Waals surface area contributed by atoms with Crippen LogP contribution in [0.15, 0.2) is 18.2 Å². The van der Waals surface area contributed by atoms with E-state index in [1.807, 2.05) is 0 Å². The van der Waals surface area contributed by atoms with Gasteiger partial charge in [0.05, 0.1) is 16.3 Å². The Bertz CT molecular complexity index is 545. The molecule has 0 unspecified atom stereocenters. The number of carbonyl (C=O) groups is 1. The van der Waals surface area contributed by atoms with Crippen molar-refractivity contribution in [3.05, 3.63) is 28.8 Å². The molecule has 0 aliphatic heterocycles. The molecule has 3 N–H and O–H groups in total. The van der Waals surface area contributed by atoms with E-state index >= 15 is 0 Å². The Morgan fingerprint density at radius 1 is 1.44 bits per heavy atom. The van der Waals surface area contributed by atoms with Gasteiger partial charge < -0.3 is 10.4 Å². The SMILES string of the molecule is CNS(=O)(=O)CCNc1ccc(C(=O)O)c(Cl)c1. The molecule has 0 bridgehead atoms. The molecule has 1 aromatic rings. The predicted octanol–water partition coefficient (Wildman–Crippen LogP) is 0.999. The van der Waals surface area contributed by atoms with Crippen molar-refractivity contribution in [2.24, 2.45) is 0 Å². The molecule has 0 saturated heterocycles. The number of aromatic carboxylic acids is 1. The zero-order valence-electron chi connectivity index (χ0n) is 9.60. The van der Waals surface area contributed by atoms with Gasteiger partial charge in [-0.25, -0.2) is 17.9 Å². The summed E-state index contributed by atoms with van der Waals surface area (Å²) in [6.07, 6.45) is 0. The third-order valence-corrected chi connectivity index (χ3v) is 3.89. The summed E-state index contributed by atoms with van der Waals surface area (Å²) in [5.74, 6) is -1.19. The van der Waals surface area contributed by atoms with Gasteiger partial charge in [-0.15, -0.1) is 0 Å². The molecule has 1 rings (SSSR count). The first-order valence-corrected chi connectivity index (χ1v) is 7.06. The van der Waals surface area contributed by atoms with Crippen molar-refractivity contribution in [3.8, 4) is 0 Å². The highest BCUT2D eigenvalue weighted by Gasteiger charge is 2.09. The largest absolute Gasteiger partial charge is 0.478 e. The second-order valence-electron chi connectivity index (χ2n) is 3.45. The molecule has 0 spiro atoms. The summed E-state index contributed by atoms with van der Waals surface area (Å²) in [4.78, 5) is 10.7. The van der Waals surface area contributed by atoms with E-state index in [0.717, 1.165) is 0 Å². The van der Waals surface area contributed by atoms with Gasteiger partial charge in [-0.1, -0.05) is 11.6 Å². The molecule has 1 aromatic carbocycles. The Kier molecular flexibility index (Phi) is 4.94. The topological polar surface area (TPSA) is 95.5 Å². The number of anilines is 1. The summed E-state index contributed by atoms with van der Waals surface area (Å²) < 4.78 is 24.5. The average Bonchev–Trinajstić information content (AvgIpc) is 2.28. The Hall–Kier alpha value is -1.31. The molecule has 0 atom stereocenters. The second-order valence-corrected chi connectivity index (χ2v) is 5.90. The molecule has 18 heavy (non-hydrogen) atoms. The van der Waals surface area contributed by atoms with Crippen LogP contribution < -0.4 is 10.0 Å². The molecule has 0 aliphatic rings. The molecule has 100 valence electrons. The summed E-state index contributed by atoms with van der Waals surface area (Å²) in [6, 6.07) is 4.33. The molecule has 0 amide bonds. The Morgan fingerprint density at radius 3 is 2.61 bits per heavy atom. The third-order valence-electron chi connectivity index (χ3n) is 2.21. The van der Waals surface area contributed by atoms with Crippen LogP contribution in [0, 0.1) is 0 Å². The fraction of sp³-hybridized carbons (Fsp3) is 0.300. The van der Waals surface area contributed by atoms with Gasteiger partial charge in [0, 0.05) is 12.2 Å². The monoisotopic (exact) mass is 292 g/mol. The van der Waals surface area contributed by atoms with E-state index < -0.39 is 16.0 Å². The van der Waals surface area contributed by atoms with Crippen LogP contribution in [0.4, 0.5) is 5.69 Å². The van der Waals surface area contributed by atoms with Crippen molar-refractivity contribution in [1.82, 2.24) is 4.72 Å². The van der Waals surface area contributed by atoms with Gasteiger partial charge in [-0.05, 0) is 25.2 Å². The lowest BCUT2D eigenvalue weighted by Gasteiger charge is -2.08. The van der Waals surface area contributed by atoms with Gasteiger partial charge in [-0.2, -0.15) is 0 Å². The van der Waals surface area contributed by atoms with Crippen LogP contribution in [-0.4, -0.2) is 38.8 Å². The average molecular weight is 293 g/mol. The summed E-state index contributed by atoms with van der Waals surface area (Å²) in [7, 11) is -1.92. The van der Waals surface area contributed by atoms with Gasteiger partial charge in [0.25, 0.3) is 0 Å². The van der Waals surface area contributed by atoms with Crippen LogP contribution >= 0.6 is 11.6 Å². The second kappa shape index (κ2) is 6.03. The lowest BCUT2D eigenvalue weighted by atomic mass is 10.2. The molecule has 0 aliphatic carbocycles. The van der Waals surface area contributed by atoms with E-state index in [2.05, 4.69) is 10.0 Å². The summed E-state index contributed by atoms with van der Waals surface area (Å²) in [5, 5.41) is 11.7. The number of carboxylic acids is 1. The van der Waals surface area contributed by atoms with Crippen LogP contribution in [0.5, 0.6) is 0 Å². The first kappa shape index (κ1) is 14.7. The number of nitrogens with one attached hydrogen (secondary N) is 2. The van der Waals surface area contributed by atoms with Crippen molar-refractivity contribution in [3.63, 3.8) is 0 Å². The van der Waals surface area contributed by atoms with Gasteiger partial charge in [0.2, 0.25) is 10.0 Å². The van der Waals surface area contributed by atoms with Gasteiger partial charge in [0.1, 0.15) is 0 Å². The molecule has 6 nitrogen and oxygen atoms in total. The minimum atomic E-state index is -3.26. The van der Waals surface area contributed by atoms with Crippen molar-refractivity contribution < 1.29 is 18.3 Å². The van der Waals surface area contributed by atoms with E-state index in [-0.39, 0.29) is 22.9 Å². The number of sulfonamides is 1. The first-order chi connectivity index (χ1) is 8.35. The van der Waals surface area contributed by atoms with Crippen molar-refractivity contribution in [2.45, 2.75) is 0 Å². The van der Waals surface area contributed by atoms with E-state index in [4.69, 9.17) is 16.7 Å². The number of rotatable bonds is 6. The van der Waals surface area contributed by atoms with Gasteiger partial charge in [0.15, 0.2) is 0 Å². The summed E-state index contributed by atoms with van der Waals surface area (Å²) in [6.45, 7) is 0.200. The van der Waals surface area contributed by atoms with Crippen LogP contribution in [0.2, 0.25) is 5.02 Å². The number of halogens is 1. The highest BCUT2D eigenvalue weighted by atomic mass is 35.5. The zero-order valence-corrected chi connectivity index (χ0v) is 11.2. The van der Waals surface area contributed by atoms with Crippen LogP contribution in [0.25, 0.3) is 0 Å². The van der Waals surface area contributed by atoms with E-state index in [0.29, 0.717) is 5.69 Å². The maximum atomic E-state index is 11.1. The molecular weight excluding hydrogens is 280 g/mol. The number of hydrogen-bond acceptors (Lipinski definition) is 4. The van der Waals surface area contributed by atoms with Gasteiger partial charge in [-0.3, -0.25) is 0 Å². The lowest BCUT2D eigenvalue weighted by Crippen LogP contribution is -2.26. The van der Waals surface area contributed by atoms with Crippen molar-refractivity contribution >= 4 is 33.3 Å². The van der Waals surface area contributed by atoms with E-state index in [1.165, 1.54) is 25.2 Å². The minimum absolute atomic E-state index is 0.00469. The smallest absolute Gasteiger partial charge is 0.337 e. The highest BCUT2D eigenvalue weighted by Crippen LogP contribution is 2.20. The summed E-state index contributed by atoms with van der Waals surface area (Å²) in [5.41, 5.74) is 0.571.